The summed E-state index contributed by atoms with van der Waals surface area (Å²) in [4.78, 5) is 37.7. The molecule has 0 bridgehead atoms. The molecular weight excluding hydrogens is 248 g/mol. The Hall–Kier alpha value is -1.59. The highest BCUT2D eigenvalue weighted by atomic mass is 16.4. The summed E-state index contributed by atoms with van der Waals surface area (Å²) in [5.74, 6) is -1.22. The summed E-state index contributed by atoms with van der Waals surface area (Å²) in [5.41, 5.74) is 0. The molecule has 1 saturated carbocycles. The van der Waals surface area contributed by atoms with E-state index in [-0.39, 0.29) is 30.9 Å². The van der Waals surface area contributed by atoms with Crippen LogP contribution in [-0.4, -0.2) is 58.4 Å². The molecule has 2 fully saturated rings. The maximum Gasteiger partial charge on any atom is 0.323 e. The molecule has 6 heteroatoms. The van der Waals surface area contributed by atoms with Crippen LogP contribution in [0.2, 0.25) is 0 Å². The third-order valence-electron chi connectivity index (χ3n) is 3.61. The molecular formula is C13H20N2O4. The minimum atomic E-state index is -0.998. The Bertz CT molecular complexity index is 379. The van der Waals surface area contributed by atoms with Gasteiger partial charge in [0.05, 0.1) is 6.54 Å². The molecule has 0 aromatic heterocycles. The van der Waals surface area contributed by atoms with Crippen LogP contribution in [-0.2, 0) is 14.4 Å². The van der Waals surface area contributed by atoms with E-state index in [2.05, 4.69) is 0 Å². The minimum absolute atomic E-state index is 0.0110. The van der Waals surface area contributed by atoms with Crippen LogP contribution in [0.3, 0.4) is 0 Å². The van der Waals surface area contributed by atoms with E-state index < -0.39 is 5.97 Å². The molecule has 6 nitrogen and oxygen atoms in total. The van der Waals surface area contributed by atoms with Crippen molar-refractivity contribution in [3.63, 3.8) is 0 Å². The van der Waals surface area contributed by atoms with Crippen LogP contribution >= 0.6 is 0 Å². The standard InChI is InChI=1S/C13H20N2O4/c16-11-4-2-1-3-7-14(11)8-12(17)15(9-13(18)19)10-5-6-10/h10H,1-9H2,(H,18,19). The molecule has 0 spiro atoms. The fraction of sp³-hybridized carbons (Fsp3) is 0.769. The molecule has 1 aliphatic heterocycles. The van der Waals surface area contributed by atoms with E-state index in [4.69, 9.17) is 5.11 Å². The van der Waals surface area contributed by atoms with E-state index in [0.29, 0.717) is 13.0 Å². The minimum Gasteiger partial charge on any atom is -0.480 e. The quantitative estimate of drug-likeness (QED) is 0.786. The van der Waals surface area contributed by atoms with Gasteiger partial charge in [-0.2, -0.15) is 0 Å². The lowest BCUT2D eigenvalue weighted by Gasteiger charge is -2.25. The normalized spacial score (nSPS) is 20.0. The largest absolute Gasteiger partial charge is 0.480 e. The van der Waals surface area contributed by atoms with Crippen LogP contribution in [0.15, 0.2) is 0 Å². The van der Waals surface area contributed by atoms with Gasteiger partial charge in [-0.05, 0) is 25.7 Å². The summed E-state index contributed by atoms with van der Waals surface area (Å²) in [6, 6.07) is 0.0608. The van der Waals surface area contributed by atoms with Gasteiger partial charge in [-0.25, -0.2) is 0 Å². The molecule has 19 heavy (non-hydrogen) atoms. The van der Waals surface area contributed by atoms with E-state index in [1.807, 2.05) is 0 Å². The number of nitrogens with zero attached hydrogens (tertiary/aromatic N) is 2. The zero-order valence-corrected chi connectivity index (χ0v) is 11.0. The predicted molar refractivity (Wildman–Crippen MR) is 67.4 cm³/mol. The lowest BCUT2D eigenvalue weighted by Crippen LogP contribution is -2.45. The first-order chi connectivity index (χ1) is 9.08. The number of likely N-dealkylation sites (tertiary alicyclic amines) is 1. The third kappa shape index (κ3) is 3.94. The molecule has 2 amide bonds. The van der Waals surface area contributed by atoms with Gasteiger partial charge >= 0.3 is 5.97 Å². The van der Waals surface area contributed by atoms with Crippen molar-refractivity contribution in [1.29, 1.82) is 0 Å². The number of hydrogen-bond donors (Lipinski definition) is 1. The lowest BCUT2D eigenvalue weighted by atomic mass is 10.2. The maximum absolute atomic E-state index is 12.2. The van der Waals surface area contributed by atoms with Gasteiger partial charge in [0.2, 0.25) is 11.8 Å². The van der Waals surface area contributed by atoms with Crippen LogP contribution < -0.4 is 0 Å². The Balaban J connectivity index is 1.93. The average molecular weight is 268 g/mol. The summed E-state index contributed by atoms with van der Waals surface area (Å²) in [6.07, 6.45) is 5.04. The SMILES string of the molecule is O=C(O)CN(C(=O)CN1CCCCCC1=O)C1CC1. The molecule has 2 rings (SSSR count). The van der Waals surface area contributed by atoms with Crippen molar-refractivity contribution in [1.82, 2.24) is 9.80 Å². The second kappa shape index (κ2) is 6.04. The topological polar surface area (TPSA) is 77.9 Å². The van der Waals surface area contributed by atoms with Crippen LogP contribution in [0, 0.1) is 0 Å². The summed E-state index contributed by atoms with van der Waals surface area (Å²) >= 11 is 0. The van der Waals surface area contributed by atoms with Crippen LogP contribution in [0.1, 0.15) is 38.5 Å². The highest BCUT2D eigenvalue weighted by molar-refractivity contribution is 5.87. The van der Waals surface area contributed by atoms with Gasteiger partial charge in [0.15, 0.2) is 0 Å². The van der Waals surface area contributed by atoms with Crippen molar-refractivity contribution in [2.75, 3.05) is 19.6 Å². The lowest BCUT2D eigenvalue weighted by molar-refractivity contribution is -0.147. The van der Waals surface area contributed by atoms with Gasteiger partial charge in [-0.3, -0.25) is 14.4 Å². The van der Waals surface area contributed by atoms with Crippen molar-refractivity contribution in [2.45, 2.75) is 44.6 Å². The van der Waals surface area contributed by atoms with E-state index in [0.717, 1.165) is 32.1 Å². The first-order valence-electron chi connectivity index (χ1n) is 6.87. The molecule has 0 aromatic carbocycles. The Morgan fingerprint density at radius 3 is 2.63 bits per heavy atom. The van der Waals surface area contributed by atoms with Gasteiger partial charge in [-0.1, -0.05) is 6.42 Å². The molecule has 1 aliphatic carbocycles. The monoisotopic (exact) mass is 268 g/mol. The highest BCUT2D eigenvalue weighted by Crippen LogP contribution is 2.27. The van der Waals surface area contributed by atoms with Crippen molar-refractivity contribution >= 4 is 17.8 Å². The molecule has 1 N–H and O–H groups in total. The predicted octanol–water partition coefficient (Wildman–Crippen LogP) is 0.465. The van der Waals surface area contributed by atoms with Gasteiger partial charge in [0.25, 0.3) is 0 Å². The number of amides is 2. The molecule has 1 heterocycles. The molecule has 0 aromatic rings. The first kappa shape index (κ1) is 13.8. The van der Waals surface area contributed by atoms with Crippen LogP contribution in [0.5, 0.6) is 0 Å². The fourth-order valence-electron chi connectivity index (χ4n) is 2.41. The second-order valence-corrected chi connectivity index (χ2v) is 5.27. The van der Waals surface area contributed by atoms with Gasteiger partial charge in [0.1, 0.15) is 6.54 Å². The Morgan fingerprint density at radius 2 is 2.00 bits per heavy atom. The second-order valence-electron chi connectivity index (χ2n) is 5.27. The Labute approximate surface area is 112 Å². The van der Waals surface area contributed by atoms with Crippen molar-refractivity contribution < 1.29 is 19.5 Å². The molecule has 0 unspecified atom stereocenters. The van der Waals surface area contributed by atoms with E-state index in [1.165, 1.54) is 4.90 Å². The number of rotatable bonds is 5. The van der Waals surface area contributed by atoms with Gasteiger partial charge in [-0.15, -0.1) is 0 Å². The van der Waals surface area contributed by atoms with Crippen molar-refractivity contribution in [2.24, 2.45) is 0 Å². The summed E-state index contributed by atoms with van der Waals surface area (Å²) in [7, 11) is 0. The Morgan fingerprint density at radius 1 is 1.26 bits per heavy atom. The third-order valence-corrected chi connectivity index (χ3v) is 3.61. The molecule has 1 saturated heterocycles. The summed E-state index contributed by atoms with van der Waals surface area (Å²) in [6.45, 7) is 0.379. The number of carbonyl (C=O) groups excluding carboxylic acids is 2. The van der Waals surface area contributed by atoms with E-state index in [9.17, 15) is 14.4 Å². The smallest absolute Gasteiger partial charge is 0.323 e. The van der Waals surface area contributed by atoms with Crippen LogP contribution in [0.25, 0.3) is 0 Å². The van der Waals surface area contributed by atoms with Crippen molar-refractivity contribution in [3.05, 3.63) is 0 Å². The number of carboxylic acid groups (broad SMARTS) is 1. The molecule has 0 atom stereocenters. The van der Waals surface area contributed by atoms with Crippen molar-refractivity contribution in [3.8, 4) is 0 Å². The fourth-order valence-corrected chi connectivity index (χ4v) is 2.41. The number of carboxylic acids is 1. The molecule has 2 aliphatic rings. The zero-order chi connectivity index (χ0) is 13.8. The summed E-state index contributed by atoms with van der Waals surface area (Å²) < 4.78 is 0. The first-order valence-corrected chi connectivity index (χ1v) is 6.87. The van der Waals surface area contributed by atoms with E-state index in [1.54, 1.807) is 4.90 Å². The Kier molecular flexibility index (Phi) is 4.39. The summed E-state index contributed by atoms with van der Waals surface area (Å²) in [5, 5.41) is 8.84. The zero-order valence-electron chi connectivity index (χ0n) is 11.0. The number of hydrogen-bond acceptors (Lipinski definition) is 3. The molecule has 106 valence electrons. The van der Waals surface area contributed by atoms with Gasteiger partial charge in [0, 0.05) is 19.0 Å². The maximum atomic E-state index is 12.2. The average Bonchev–Trinajstić information content (AvgIpc) is 3.16. The highest BCUT2D eigenvalue weighted by Gasteiger charge is 2.34. The van der Waals surface area contributed by atoms with E-state index >= 15 is 0 Å². The molecule has 0 radical (unpaired) electrons. The number of aliphatic carboxylic acids is 1. The van der Waals surface area contributed by atoms with Gasteiger partial charge < -0.3 is 14.9 Å². The number of carbonyl (C=O) groups is 3. The van der Waals surface area contributed by atoms with Crippen LogP contribution in [0.4, 0.5) is 0 Å².